The highest BCUT2D eigenvalue weighted by Gasteiger charge is 2.14. The van der Waals surface area contributed by atoms with E-state index in [1.54, 1.807) is 42.5 Å². The molecule has 0 aliphatic heterocycles. The lowest BCUT2D eigenvalue weighted by Crippen LogP contribution is -2.05. The van der Waals surface area contributed by atoms with Crippen LogP contribution in [0.2, 0.25) is 0 Å². The van der Waals surface area contributed by atoms with Crippen molar-refractivity contribution in [2.24, 2.45) is 0 Å². The van der Waals surface area contributed by atoms with Crippen LogP contribution in [0.1, 0.15) is 18.1 Å². The fourth-order valence-corrected chi connectivity index (χ4v) is 2.70. The van der Waals surface area contributed by atoms with Gasteiger partial charge in [0.25, 0.3) is 10.1 Å². The number of carbonyl (C=O) groups is 1. The van der Waals surface area contributed by atoms with Crippen LogP contribution in [0.25, 0.3) is 12.2 Å². The number of hydrogen-bond donors (Lipinski definition) is 3. The molecule has 2 rings (SSSR count). The van der Waals surface area contributed by atoms with Gasteiger partial charge in [0, 0.05) is 18.3 Å². The average Bonchev–Trinajstić information content (AvgIpc) is 2.46. The molecule has 23 heavy (non-hydrogen) atoms. The number of nitrogens with two attached hydrogens (primary N) is 1. The van der Waals surface area contributed by atoms with E-state index in [4.69, 9.17) is 5.73 Å². The third-order valence-electron chi connectivity index (χ3n) is 3.00. The maximum atomic E-state index is 11.4. The van der Waals surface area contributed by atoms with E-state index in [9.17, 15) is 17.8 Å². The van der Waals surface area contributed by atoms with E-state index in [-0.39, 0.29) is 16.5 Å². The minimum Gasteiger partial charge on any atom is -0.399 e. The lowest BCUT2D eigenvalue weighted by molar-refractivity contribution is -0.114. The third kappa shape index (κ3) is 4.67. The Morgan fingerprint density at radius 3 is 2.35 bits per heavy atom. The molecule has 1 amide bonds. The summed E-state index contributed by atoms with van der Waals surface area (Å²) in [4.78, 5) is 10.7. The van der Waals surface area contributed by atoms with Gasteiger partial charge in [-0.3, -0.25) is 9.35 Å². The Kier molecular flexibility index (Phi) is 4.83. The van der Waals surface area contributed by atoms with Crippen LogP contribution in [0.3, 0.4) is 0 Å². The van der Waals surface area contributed by atoms with Gasteiger partial charge in [0.1, 0.15) is 4.90 Å². The molecule has 0 saturated carbocycles. The lowest BCUT2D eigenvalue weighted by atomic mass is 10.1. The first-order chi connectivity index (χ1) is 10.8. The van der Waals surface area contributed by atoms with Crippen molar-refractivity contribution >= 4 is 39.6 Å². The van der Waals surface area contributed by atoms with Crippen LogP contribution in [0.15, 0.2) is 47.4 Å². The number of anilines is 2. The van der Waals surface area contributed by atoms with E-state index >= 15 is 0 Å². The number of benzene rings is 2. The molecule has 4 N–H and O–H groups in total. The SMILES string of the molecule is CC(=O)Nc1ccc(/C=C/c2ccc(N)cc2S(=O)(=O)O)cc1. The third-order valence-corrected chi connectivity index (χ3v) is 3.91. The van der Waals surface area contributed by atoms with E-state index in [2.05, 4.69) is 5.32 Å². The van der Waals surface area contributed by atoms with Gasteiger partial charge in [0.15, 0.2) is 0 Å². The van der Waals surface area contributed by atoms with E-state index in [1.807, 2.05) is 0 Å². The van der Waals surface area contributed by atoms with Crippen LogP contribution >= 0.6 is 0 Å². The standard InChI is InChI=1S/C16H16N2O4S/c1-11(19)18-15-8-3-12(4-9-15)2-5-13-6-7-14(17)10-16(13)23(20,21)22/h2-10H,17H2,1H3,(H,18,19)(H,20,21,22)/b5-2+. The van der Waals surface area contributed by atoms with Gasteiger partial charge < -0.3 is 11.1 Å². The van der Waals surface area contributed by atoms with Crippen LogP contribution in [-0.4, -0.2) is 18.9 Å². The number of rotatable bonds is 4. The summed E-state index contributed by atoms with van der Waals surface area (Å²) in [5.41, 5.74) is 7.60. The molecule has 120 valence electrons. The molecule has 0 aliphatic rings. The van der Waals surface area contributed by atoms with Crippen LogP contribution in [-0.2, 0) is 14.9 Å². The maximum absolute atomic E-state index is 11.4. The zero-order valence-electron chi connectivity index (χ0n) is 12.4. The van der Waals surface area contributed by atoms with E-state index in [0.29, 0.717) is 11.3 Å². The van der Waals surface area contributed by atoms with Crippen molar-refractivity contribution in [3.05, 3.63) is 53.6 Å². The zero-order valence-corrected chi connectivity index (χ0v) is 13.2. The Balaban J connectivity index is 2.29. The van der Waals surface area contributed by atoms with Gasteiger partial charge in [0.2, 0.25) is 5.91 Å². The van der Waals surface area contributed by atoms with Crippen LogP contribution < -0.4 is 11.1 Å². The highest BCUT2D eigenvalue weighted by atomic mass is 32.2. The Morgan fingerprint density at radius 1 is 1.13 bits per heavy atom. The number of hydrogen-bond acceptors (Lipinski definition) is 4. The van der Waals surface area contributed by atoms with Crippen molar-refractivity contribution in [1.82, 2.24) is 0 Å². The van der Waals surface area contributed by atoms with Crippen LogP contribution in [0.4, 0.5) is 11.4 Å². The fourth-order valence-electron chi connectivity index (χ4n) is 1.98. The van der Waals surface area contributed by atoms with Gasteiger partial charge in [-0.05, 0) is 35.4 Å². The number of amides is 1. The smallest absolute Gasteiger partial charge is 0.295 e. The summed E-state index contributed by atoms with van der Waals surface area (Å²) < 4.78 is 32.0. The van der Waals surface area contributed by atoms with Crippen molar-refractivity contribution in [1.29, 1.82) is 0 Å². The van der Waals surface area contributed by atoms with Crippen molar-refractivity contribution in [2.45, 2.75) is 11.8 Å². The molecule has 0 aromatic heterocycles. The van der Waals surface area contributed by atoms with Crippen molar-refractivity contribution in [3.63, 3.8) is 0 Å². The molecule has 0 heterocycles. The van der Waals surface area contributed by atoms with Crippen LogP contribution in [0, 0.1) is 0 Å². The predicted octanol–water partition coefficient (Wildman–Crippen LogP) is 2.64. The van der Waals surface area contributed by atoms with Gasteiger partial charge in [-0.1, -0.05) is 30.4 Å². The Morgan fingerprint density at radius 2 is 1.78 bits per heavy atom. The lowest BCUT2D eigenvalue weighted by Gasteiger charge is -2.05. The zero-order chi connectivity index (χ0) is 17.0. The Hall–Kier alpha value is -2.64. The molecular formula is C16H16N2O4S. The van der Waals surface area contributed by atoms with Crippen molar-refractivity contribution in [3.8, 4) is 0 Å². The molecular weight excluding hydrogens is 316 g/mol. The molecule has 0 aliphatic carbocycles. The first-order valence-corrected chi connectivity index (χ1v) is 8.12. The van der Waals surface area contributed by atoms with Crippen LogP contribution in [0.5, 0.6) is 0 Å². The average molecular weight is 332 g/mol. The molecule has 0 spiro atoms. The molecule has 0 saturated heterocycles. The summed E-state index contributed by atoms with van der Waals surface area (Å²) in [6.45, 7) is 1.42. The summed E-state index contributed by atoms with van der Waals surface area (Å²) in [5.74, 6) is -0.159. The van der Waals surface area contributed by atoms with E-state index < -0.39 is 10.1 Å². The summed E-state index contributed by atoms with van der Waals surface area (Å²) in [5, 5.41) is 2.65. The molecule has 7 heteroatoms. The quantitative estimate of drug-likeness (QED) is 0.453. The first kappa shape index (κ1) is 16.7. The molecule has 2 aromatic rings. The number of nitrogen functional groups attached to an aromatic ring is 1. The van der Waals surface area contributed by atoms with Gasteiger partial charge in [0.05, 0.1) is 0 Å². The molecule has 0 unspecified atom stereocenters. The minimum atomic E-state index is -4.36. The minimum absolute atomic E-state index is 0.159. The second-order valence-electron chi connectivity index (χ2n) is 4.91. The molecule has 0 fully saturated rings. The van der Waals surface area contributed by atoms with Gasteiger partial charge in [-0.25, -0.2) is 0 Å². The van der Waals surface area contributed by atoms with E-state index in [1.165, 1.54) is 19.1 Å². The predicted molar refractivity (Wildman–Crippen MR) is 90.3 cm³/mol. The fraction of sp³-hybridized carbons (Fsp3) is 0.0625. The second-order valence-corrected chi connectivity index (χ2v) is 6.30. The summed E-state index contributed by atoms with van der Waals surface area (Å²) >= 11 is 0. The van der Waals surface area contributed by atoms with Gasteiger partial charge in [-0.15, -0.1) is 0 Å². The van der Waals surface area contributed by atoms with E-state index in [0.717, 1.165) is 5.56 Å². The molecule has 2 aromatic carbocycles. The van der Waals surface area contributed by atoms with Gasteiger partial charge >= 0.3 is 0 Å². The number of carbonyl (C=O) groups excluding carboxylic acids is 1. The highest BCUT2D eigenvalue weighted by Crippen LogP contribution is 2.21. The first-order valence-electron chi connectivity index (χ1n) is 6.68. The maximum Gasteiger partial charge on any atom is 0.295 e. The molecule has 0 radical (unpaired) electrons. The Labute approximate surface area is 134 Å². The topological polar surface area (TPSA) is 109 Å². The monoisotopic (exact) mass is 332 g/mol. The highest BCUT2D eigenvalue weighted by molar-refractivity contribution is 7.86. The molecule has 0 atom stereocenters. The summed E-state index contributed by atoms with van der Waals surface area (Å²) in [6, 6.07) is 11.3. The summed E-state index contributed by atoms with van der Waals surface area (Å²) in [7, 11) is -4.36. The largest absolute Gasteiger partial charge is 0.399 e. The van der Waals surface area contributed by atoms with Gasteiger partial charge in [-0.2, -0.15) is 8.42 Å². The second kappa shape index (κ2) is 6.64. The molecule has 0 bridgehead atoms. The molecule has 6 nitrogen and oxygen atoms in total. The Bertz CT molecular complexity index is 856. The normalized spacial score (nSPS) is 11.6. The number of nitrogens with one attached hydrogen (secondary N) is 1. The summed E-state index contributed by atoms with van der Waals surface area (Å²) in [6.07, 6.45) is 3.26. The van der Waals surface area contributed by atoms with Crippen molar-refractivity contribution < 1.29 is 17.8 Å². The van der Waals surface area contributed by atoms with Crippen molar-refractivity contribution in [2.75, 3.05) is 11.1 Å².